The third kappa shape index (κ3) is 5.77. The summed E-state index contributed by atoms with van der Waals surface area (Å²) >= 11 is 5.97. The standard InChI is InChI=1S/C24H25ClN2O5S/c1-17(18-9-14-22(31-2)23(15-18)32-3)26-24(28)16-27(20-12-10-19(25)11-13-20)33(29,30)21-7-5-4-6-8-21/h4-15,17H,16H2,1-3H3,(H,26,28)/t17-/m0/s1. The van der Waals surface area contributed by atoms with Gasteiger partial charge in [-0.2, -0.15) is 0 Å². The third-order valence-electron chi connectivity index (χ3n) is 5.02. The minimum absolute atomic E-state index is 0.0840. The molecular formula is C24H25ClN2O5S. The van der Waals surface area contributed by atoms with Crippen LogP contribution in [-0.2, 0) is 14.8 Å². The van der Waals surface area contributed by atoms with Gasteiger partial charge in [-0.3, -0.25) is 9.10 Å². The van der Waals surface area contributed by atoms with Crippen molar-refractivity contribution in [2.75, 3.05) is 25.1 Å². The molecule has 0 bridgehead atoms. The second-order valence-corrected chi connectivity index (χ2v) is 9.50. The van der Waals surface area contributed by atoms with Crippen molar-refractivity contribution >= 4 is 33.2 Å². The maximum absolute atomic E-state index is 13.3. The number of hydrogen-bond donors (Lipinski definition) is 1. The van der Waals surface area contributed by atoms with Crippen molar-refractivity contribution in [3.63, 3.8) is 0 Å². The van der Waals surface area contributed by atoms with Crippen molar-refractivity contribution in [2.24, 2.45) is 0 Å². The van der Waals surface area contributed by atoms with Gasteiger partial charge in [0.05, 0.1) is 30.8 Å². The fourth-order valence-electron chi connectivity index (χ4n) is 3.27. The molecule has 0 aliphatic rings. The quantitative estimate of drug-likeness (QED) is 0.481. The lowest BCUT2D eigenvalue weighted by molar-refractivity contribution is -0.120. The Bertz CT molecular complexity index is 1200. The number of carbonyl (C=O) groups excluding carboxylic acids is 1. The molecule has 9 heteroatoms. The molecule has 0 saturated carbocycles. The van der Waals surface area contributed by atoms with Gasteiger partial charge in [-0.25, -0.2) is 8.42 Å². The van der Waals surface area contributed by atoms with Crippen molar-refractivity contribution in [1.82, 2.24) is 5.32 Å². The summed E-state index contributed by atoms with van der Waals surface area (Å²) in [6.07, 6.45) is 0. The molecule has 1 atom stereocenters. The Morgan fingerprint density at radius 1 is 0.970 bits per heavy atom. The molecule has 0 heterocycles. The summed E-state index contributed by atoms with van der Waals surface area (Å²) in [7, 11) is -0.915. The molecule has 1 amide bonds. The largest absolute Gasteiger partial charge is 0.493 e. The van der Waals surface area contributed by atoms with E-state index in [-0.39, 0.29) is 4.90 Å². The Kier molecular flexibility index (Phi) is 7.84. The third-order valence-corrected chi connectivity index (χ3v) is 7.06. The lowest BCUT2D eigenvalue weighted by atomic mass is 10.1. The van der Waals surface area contributed by atoms with E-state index in [4.69, 9.17) is 21.1 Å². The first kappa shape index (κ1) is 24.4. The lowest BCUT2D eigenvalue weighted by Crippen LogP contribution is -2.41. The summed E-state index contributed by atoms with van der Waals surface area (Å²) in [6.45, 7) is 1.40. The van der Waals surface area contributed by atoms with Crippen molar-refractivity contribution in [2.45, 2.75) is 17.9 Å². The summed E-state index contributed by atoms with van der Waals surface area (Å²) in [4.78, 5) is 13.0. The molecule has 3 aromatic rings. The average Bonchev–Trinajstić information content (AvgIpc) is 2.83. The lowest BCUT2D eigenvalue weighted by Gasteiger charge is -2.25. The summed E-state index contributed by atoms with van der Waals surface area (Å²) in [5.41, 5.74) is 1.11. The maximum atomic E-state index is 13.3. The number of halogens is 1. The molecule has 3 aromatic carbocycles. The SMILES string of the molecule is COc1ccc([C@H](C)NC(=O)CN(c2ccc(Cl)cc2)S(=O)(=O)c2ccccc2)cc1OC. The molecule has 0 radical (unpaired) electrons. The van der Waals surface area contributed by atoms with Gasteiger partial charge in [0.15, 0.2) is 11.5 Å². The number of methoxy groups -OCH3 is 2. The van der Waals surface area contributed by atoms with E-state index >= 15 is 0 Å². The molecule has 3 rings (SSSR count). The minimum atomic E-state index is -3.99. The molecular weight excluding hydrogens is 464 g/mol. The molecule has 0 saturated heterocycles. The number of nitrogens with one attached hydrogen (secondary N) is 1. The summed E-state index contributed by atoms with van der Waals surface area (Å²) in [5.74, 6) is 0.639. The van der Waals surface area contributed by atoms with Gasteiger partial charge in [-0.1, -0.05) is 35.9 Å². The second-order valence-electron chi connectivity index (χ2n) is 7.20. The Morgan fingerprint density at radius 2 is 1.61 bits per heavy atom. The van der Waals surface area contributed by atoms with Crippen LogP contribution in [0.1, 0.15) is 18.5 Å². The second kappa shape index (κ2) is 10.6. The maximum Gasteiger partial charge on any atom is 0.264 e. The van der Waals surface area contributed by atoms with Gasteiger partial charge in [0.2, 0.25) is 5.91 Å². The zero-order chi connectivity index (χ0) is 24.0. The van der Waals surface area contributed by atoms with E-state index in [0.717, 1.165) is 9.87 Å². The molecule has 0 fully saturated rings. The number of ether oxygens (including phenoxy) is 2. The molecule has 33 heavy (non-hydrogen) atoms. The van der Waals surface area contributed by atoms with Crippen molar-refractivity contribution in [3.8, 4) is 11.5 Å². The fourth-order valence-corrected chi connectivity index (χ4v) is 4.83. The molecule has 1 N–H and O–H groups in total. The van der Waals surface area contributed by atoms with Crippen molar-refractivity contribution < 1.29 is 22.7 Å². The molecule has 174 valence electrons. The number of sulfonamides is 1. The Balaban J connectivity index is 1.85. The van der Waals surface area contributed by atoms with Crippen LogP contribution in [-0.4, -0.2) is 35.1 Å². The summed E-state index contributed by atoms with van der Waals surface area (Å²) in [6, 6.07) is 19.2. The zero-order valence-corrected chi connectivity index (χ0v) is 20.1. The van der Waals surface area contributed by atoms with Crippen LogP contribution in [0.25, 0.3) is 0 Å². The number of amides is 1. The molecule has 0 unspecified atom stereocenters. The average molecular weight is 489 g/mol. The molecule has 7 nitrogen and oxygen atoms in total. The predicted molar refractivity (Wildman–Crippen MR) is 129 cm³/mol. The van der Waals surface area contributed by atoms with Crippen LogP contribution in [0.15, 0.2) is 77.7 Å². The van der Waals surface area contributed by atoms with E-state index in [2.05, 4.69) is 5.32 Å². The monoisotopic (exact) mass is 488 g/mol. The van der Waals surface area contributed by atoms with Crippen LogP contribution in [0.5, 0.6) is 11.5 Å². The van der Waals surface area contributed by atoms with E-state index in [1.807, 2.05) is 6.07 Å². The van der Waals surface area contributed by atoms with Gasteiger partial charge in [0.1, 0.15) is 6.54 Å². The molecule has 0 aliphatic carbocycles. The number of nitrogens with zero attached hydrogens (tertiary/aromatic N) is 1. The van der Waals surface area contributed by atoms with Gasteiger partial charge in [0.25, 0.3) is 10.0 Å². The van der Waals surface area contributed by atoms with E-state index in [1.165, 1.54) is 19.2 Å². The number of rotatable bonds is 9. The van der Waals surface area contributed by atoms with E-state index in [1.54, 1.807) is 68.6 Å². The van der Waals surface area contributed by atoms with Gasteiger partial charge in [0, 0.05) is 5.02 Å². The van der Waals surface area contributed by atoms with Gasteiger partial charge >= 0.3 is 0 Å². The van der Waals surface area contributed by atoms with Crippen LogP contribution >= 0.6 is 11.6 Å². The van der Waals surface area contributed by atoms with Crippen LogP contribution < -0.4 is 19.1 Å². The van der Waals surface area contributed by atoms with Crippen molar-refractivity contribution in [1.29, 1.82) is 0 Å². The highest BCUT2D eigenvalue weighted by atomic mass is 35.5. The van der Waals surface area contributed by atoms with E-state index in [9.17, 15) is 13.2 Å². The smallest absolute Gasteiger partial charge is 0.264 e. The van der Waals surface area contributed by atoms with Gasteiger partial charge < -0.3 is 14.8 Å². The number of benzene rings is 3. The van der Waals surface area contributed by atoms with E-state index < -0.39 is 28.5 Å². The first-order valence-electron chi connectivity index (χ1n) is 10.1. The summed E-state index contributed by atoms with van der Waals surface area (Å²) in [5, 5.41) is 3.31. The highest BCUT2D eigenvalue weighted by Gasteiger charge is 2.27. The van der Waals surface area contributed by atoms with Crippen LogP contribution in [0.3, 0.4) is 0 Å². The Morgan fingerprint density at radius 3 is 2.21 bits per heavy atom. The molecule has 0 aromatic heterocycles. The Hall–Kier alpha value is -3.23. The normalized spacial score (nSPS) is 12.0. The number of anilines is 1. The van der Waals surface area contributed by atoms with Crippen LogP contribution in [0.4, 0.5) is 5.69 Å². The van der Waals surface area contributed by atoms with Crippen molar-refractivity contribution in [3.05, 3.63) is 83.4 Å². The molecule has 0 spiro atoms. The fraction of sp³-hybridized carbons (Fsp3) is 0.208. The van der Waals surface area contributed by atoms with Gasteiger partial charge in [-0.15, -0.1) is 0 Å². The topological polar surface area (TPSA) is 84.9 Å². The summed E-state index contributed by atoms with van der Waals surface area (Å²) < 4.78 is 38.3. The highest BCUT2D eigenvalue weighted by molar-refractivity contribution is 7.92. The predicted octanol–water partition coefficient (Wildman–Crippen LogP) is 4.43. The Labute approximate surface area is 198 Å². The van der Waals surface area contributed by atoms with Crippen LogP contribution in [0, 0.1) is 0 Å². The number of hydrogen-bond acceptors (Lipinski definition) is 5. The first-order valence-corrected chi connectivity index (χ1v) is 11.9. The first-order chi connectivity index (χ1) is 15.8. The number of carbonyl (C=O) groups is 1. The van der Waals surface area contributed by atoms with Gasteiger partial charge in [-0.05, 0) is 61.0 Å². The zero-order valence-electron chi connectivity index (χ0n) is 18.5. The van der Waals surface area contributed by atoms with E-state index in [0.29, 0.717) is 22.2 Å². The molecule has 0 aliphatic heterocycles. The highest BCUT2D eigenvalue weighted by Crippen LogP contribution is 2.30. The van der Waals surface area contributed by atoms with Crippen LogP contribution in [0.2, 0.25) is 5.02 Å². The minimum Gasteiger partial charge on any atom is -0.493 e.